The van der Waals surface area contributed by atoms with Crippen LogP contribution in [0.3, 0.4) is 0 Å². The molecule has 2 fully saturated rings. The molecule has 1 heterocycles. The van der Waals surface area contributed by atoms with Crippen LogP contribution in [0.5, 0.6) is 0 Å². The Bertz CT molecular complexity index is 277. The van der Waals surface area contributed by atoms with Crippen molar-refractivity contribution >= 4 is 5.91 Å². The molecule has 0 radical (unpaired) electrons. The van der Waals surface area contributed by atoms with Gasteiger partial charge in [-0.3, -0.25) is 4.79 Å². The van der Waals surface area contributed by atoms with Gasteiger partial charge < -0.3 is 15.3 Å². The maximum atomic E-state index is 11.8. The van der Waals surface area contributed by atoms with Gasteiger partial charge in [-0.1, -0.05) is 12.8 Å². The van der Waals surface area contributed by atoms with E-state index in [4.69, 9.17) is 0 Å². The number of nitrogens with one attached hydrogen (secondary N) is 1. The van der Waals surface area contributed by atoms with E-state index in [1.54, 1.807) is 0 Å². The summed E-state index contributed by atoms with van der Waals surface area (Å²) in [4.78, 5) is 14.2. The molecule has 0 bridgehead atoms. The van der Waals surface area contributed by atoms with Gasteiger partial charge in [0.15, 0.2) is 0 Å². The highest BCUT2D eigenvalue weighted by Gasteiger charge is 2.20. The minimum atomic E-state index is 0.225. The molecule has 2 rings (SSSR count). The second-order valence-electron chi connectivity index (χ2n) is 6.20. The molecule has 2 aliphatic rings. The Hall–Kier alpha value is -0.610. The van der Waals surface area contributed by atoms with Crippen LogP contribution in [0.25, 0.3) is 0 Å². The van der Waals surface area contributed by atoms with Gasteiger partial charge in [-0.25, -0.2) is 0 Å². The number of carbonyl (C=O) groups excluding carboxylic acids is 1. The number of hydrogen-bond donors (Lipinski definition) is 2. The summed E-state index contributed by atoms with van der Waals surface area (Å²) in [6, 6.07) is 0. The van der Waals surface area contributed by atoms with Crippen molar-refractivity contribution in [1.29, 1.82) is 0 Å². The van der Waals surface area contributed by atoms with Crippen molar-refractivity contribution in [3.05, 3.63) is 0 Å². The summed E-state index contributed by atoms with van der Waals surface area (Å²) in [5.41, 5.74) is 0. The highest BCUT2D eigenvalue weighted by molar-refractivity contribution is 5.76. The lowest BCUT2D eigenvalue weighted by molar-refractivity contribution is -0.122. The Morgan fingerprint density at radius 1 is 1.16 bits per heavy atom. The molecule has 1 aliphatic heterocycles. The van der Waals surface area contributed by atoms with Crippen molar-refractivity contribution in [2.24, 2.45) is 11.8 Å². The summed E-state index contributed by atoms with van der Waals surface area (Å²) in [7, 11) is 0. The number of amides is 1. The van der Waals surface area contributed by atoms with Crippen molar-refractivity contribution in [2.75, 3.05) is 32.8 Å². The van der Waals surface area contributed by atoms with Gasteiger partial charge in [-0.2, -0.15) is 0 Å². The lowest BCUT2D eigenvalue weighted by atomic mass is 9.99. The third kappa shape index (κ3) is 5.11. The molecule has 2 N–H and O–H groups in total. The Balaban J connectivity index is 1.56. The predicted octanol–water partition coefficient (Wildman–Crippen LogP) is 1.39. The molecule has 1 amide bonds. The molecular weight excluding hydrogens is 240 g/mol. The normalized spacial score (nSPS) is 25.6. The summed E-state index contributed by atoms with van der Waals surface area (Å²) in [5, 5.41) is 12.2. The van der Waals surface area contributed by atoms with Gasteiger partial charge in [0, 0.05) is 32.7 Å². The fourth-order valence-corrected chi connectivity index (χ4v) is 3.41. The molecule has 0 spiro atoms. The largest absolute Gasteiger partial charge is 0.396 e. The van der Waals surface area contributed by atoms with Crippen LogP contribution in [0.2, 0.25) is 0 Å². The van der Waals surface area contributed by atoms with E-state index in [2.05, 4.69) is 10.2 Å². The third-order valence-corrected chi connectivity index (χ3v) is 4.56. The zero-order chi connectivity index (χ0) is 13.5. The monoisotopic (exact) mass is 268 g/mol. The molecule has 0 aromatic carbocycles. The minimum absolute atomic E-state index is 0.225. The number of carbonyl (C=O) groups is 1. The molecule has 1 saturated heterocycles. The summed E-state index contributed by atoms with van der Waals surface area (Å²) in [6.45, 7) is 4.06. The predicted molar refractivity (Wildman–Crippen MR) is 75.8 cm³/mol. The molecule has 1 aliphatic carbocycles. The van der Waals surface area contributed by atoms with Gasteiger partial charge >= 0.3 is 0 Å². The zero-order valence-electron chi connectivity index (χ0n) is 11.9. The van der Waals surface area contributed by atoms with Crippen LogP contribution < -0.4 is 5.32 Å². The van der Waals surface area contributed by atoms with Gasteiger partial charge in [0.25, 0.3) is 0 Å². The van der Waals surface area contributed by atoms with Crippen LogP contribution in [0, 0.1) is 11.8 Å². The van der Waals surface area contributed by atoms with Crippen molar-refractivity contribution < 1.29 is 9.90 Å². The Morgan fingerprint density at radius 3 is 2.63 bits per heavy atom. The molecule has 1 atom stereocenters. The average molecular weight is 268 g/mol. The smallest absolute Gasteiger partial charge is 0.220 e. The number of likely N-dealkylation sites (tertiary alicyclic amines) is 1. The van der Waals surface area contributed by atoms with E-state index in [0.717, 1.165) is 39.0 Å². The first-order valence-electron chi connectivity index (χ1n) is 7.88. The van der Waals surface area contributed by atoms with Crippen LogP contribution in [-0.2, 0) is 4.79 Å². The number of hydrogen-bond acceptors (Lipinski definition) is 3. The number of piperidine rings is 1. The molecule has 0 aromatic heterocycles. The fraction of sp³-hybridized carbons (Fsp3) is 0.933. The zero-order valence-corrected chi connectivity index (χ0v) is 11.9. The maximum absolute atomic E-state index is 11.8. The van der Waals surface area contributed by atoms with Crippen LogP contribution >= 0.6 is 0 Å². The maximum Gasteiger partial charge on any atom is 0.220 e. The lowest BCUT2D eigenvalue weighted by Gasteiger charge is -2.31. The molecule has 1 saturated carbocycles. The molecule has 4 heteroatoms. The van der Waals surface area contributed by atoms with Crippen LogP contribution in [0.1, 0.15) is 44.9 Å². The summed E-state index contributed by atoms with van der Waals surface area (Å²) < 4.78 is 0. The van der Waals surface area contributed by atoms with Crippen molar-refractivity contribution in [1.82, 2.24) is 10.2 Å². The van der Waals surface area contributed by atoms with Crippen molar-refractivity contribution in [3.63, 3.8) is 0 Å². The number of rotatable bonds is 6. The molecule has 19 heavy (non-hydrogen) atoms. The Labute approximate surface area is 116 Å². The Kier molecular flexibility index (Phi) is 6.11. The van der Waals surface area contributed by atoms with Crippen molar-refractivity contribution in [3.8, 4) is 0 Å². The molecule has 0 aromatic rings. The minimum Gasteiger partial charge on any atom is -0.396 e. The molecule has 0 unspecified atom stereocenters. The van der Waals surface area contributed by atoms with E-state index in [1.807, 2.05) is 0 Å². The lowest BCUT2D eigenvalue weighted by Crippen LogP contribution is -2.41. The van der Waals surface area contributed by atoms with Gasteiger partial charge in [0.05, 0.1) is 0 Å². The van der Waals surface area contributed by atoms with Gasteiger partial charge in [0.2, 0.25) is 5.91 Å². The summed E-state index contributed by atoms with van der Waals surface area (Å²) in [6.07, 6.45) is 8.10. The first-order valence-corrected chi connectivity index (χ1v) is 7.88. The topological polar surface area (TPSA) is 52.6 Å². The van der Waals surface area contributed by atoms with Gasteiger partial charge in [-0.15, -0.1) is 0 Å². The standard InChI is InChI=1S/C15H28N2O2/c18-12-14-6-3-8-17(11-14)9-7-16-15(19)10-13-4-1-2-5-13/h13-14,18H,1-12H2,(H,16,19)/t14-/m0/s1. The second kappa shape index (κ2) is 7.85. The summed E-state index contributed by atoms with van der Waals surface area (Å²) >= 11 is 0. The SMILES string of the molecule is O=C(CC1CCCC1)NCCN1CCC[C@H](CO)C1. The van der Waals surface area contributed by atoms with E-state index in [0.29, 0.717) is 18.4 Å². The number of aliphatic hydroxyl groups excluding tert-OH is 1. The van der Waals surface area contributed by atoms with E-state index in [1.165, 1.54) is 32.1 Å². The number of aliphatic hydroxyl groups is 1. The van der Waals surface area contributed by atoms with Crippen LogP contribution in [-0.4, -0.2) is 48.7 Å². The van der Waals surface area contributed by atoms with E-state index < -0.39 is 0 Å². The van der Waals surface area contributed by atoms with Crippen molar-refractivity contribution in [2.45, 2.75) is 44.9 Å². The number of nitrogens with zero attached hydrogens (tertiary/aromatic N) is 1. The second-order valence-corrected chi connectivity index (χ2v) is 6.20. The molecule has 110 valence electrons. The average Bonchev–Trinajstić information content (AvgIpc) is 2.92. The highest BCUT2D eigenvalue weighted by atomic mass is 16.3. The summed E-state index contributed by atoms with van der Waals surface area (Å²) in [5.74, 6) is 1.29. The van der Waals surface area contributed by atoms with Crippen LogP contribution in [0.4, 0.5) is 0 Å². The molecule has 4 nitrogen and oxygen atoms in total. The van der Waals surface area contributed by atoms with Gasteiger partial charge in [-0.05, 0) is 44.1 Å². The van der Waals surface area contributed by atoms with E-state index in [9.17, 15) is 9.90 Å². The first-order chi connectivity index (χ1) is 9.28. The van der Waals surface area contributed by atoms with Gasteiger partial charge in [0.1, 0.15) is 0 Å². The van der Waals surface area contributed by atoms with E-state index in [-0.39, 0.29) is 5.91 Å². The molecular formula is C15H28N2O2. The quantitative estimate of drug-likeness (QED) is 0.765. The first kappa shape index (κ1) is 14.8. The Morgan fingerprint density at radius 2 is 1.89 bits per heavy atom. The van der Waals surface area contributed by atoms with E-state index >= 15 is 0 Å². The highest BCUT2D eigenvalue weighted by Crippen LogP contribution is 2.27. The third-order valence-electron chi connectivity index (χ3n) is 4.56. The fourth-order valence-electron chi connectivity index (χ4n) is 3.41. The van der Waals surface area contributed by atoms with Crippen LogP contribution in [0.15, 0.2) is 0 Å².